The molecular weight excluding hydrogens is 333 g/mol. The molecule has 1 aromatic heterocycles. The molecule has 0 spiro atoms. The first-order chi connectivity index (χ1) is 11.8. The van der Waals surface area contributed by atoms with E-state index in [4.69, 9.17) is 0 Å². The van der Waals surface area contributed by atoms with Gasteiger partial charge in [-0.1, -0.05) is 19.9 Å². The molecule has 8 heteroatoms. The summed E-state index contributed by atoms with van der Waals surface area (Å²) in [5.41, 5.74) is -0.712. The summed E-state index contributed by atoms with van der Waals surface area (Å²) < 4.78 is 38.1. The van der Waals surface area contributed by atoms with Gasteiger partial charge in [-0.05, 0) is 36.6 Å². The van der Waals surface area contributed by atoms with Gasteiger partial charge in [-0.15, -0.1) is 0 Å². The zero-order valence-corrected chi connectivity index (χ0v) is 13.9. The molecule has 25 heavy (non-hydrogen) atoms. The number of hydrogen-bond donors (Lipinski definition) is 2. The van der Waals surface area contributed by atoms with Crippen LogP contribution in [0.15, 0.2) is 36.5 Å². The van der Waals surface area contributed by atoms with E-state index in [0.717, 1.165) is 18.6 Å². The molecule has 0 saturated carbocycles. The lowest BCUT2D eigenvalue weighted by atomic mass is 10.1. The molecule has 2 N–H and O–H groups in total. The van der Waals surface area contributed by atoms with Crippen molar-refractivity contribution in [2.75, 3.05) is 17.2 Å². The van der Waals surface area contributed by atoms with Crippen molar-refractivity contribution in [2.24, 2.45) is 5.92 Å². The normalized spacial score (nSPS) is 11.4. The first-order valence-corrected chi connectivity index (χ1v) is 7.81. The summed E-state index contributed by atoms with van der Waals surface area (Å²) in [6, 6.07) is 5.84. The highest BCUT2D eigenvalue weighted by atomic mass is 19.4. The number of anilines is 2. The molecular formula is C17H19F3N4O. The number of carbonyl (C=O) groups is 1. The number of alkyl halides is 3. The number of carbonyl (C=O) groups excluding carboxylic acids is 1. The summed E-state index contributed by atoms with van der Waals surface area (Å²) in [6.45, 7) is 4.83. The van der Waals surface area contributed by atoms with E-state index in [-0.39, 0.29) is 11.4 Å². The lowest BCUT2D eigenvalue weighted by Crippen LogP contribution is -2.16. The van der Waals surface area contributed by atoms with E-state index >= 15 is 0 Å². The second kappa shape index (κ2) is 7.96. The number of benzene rings is 1. The van der Waals surface area contributed by atoms with Gasteiger partial charge >= 0.3 is 6.18 Å². The van der Waals surface area contributed by atoms with Crippen molar-refractivity contribution in [3.63, 3.8) is 0 Å². The summed E-state index contributed by atoms with van der Waals surface area (Å²) in [6.07, 6.45) is -2.13. The van der Waals surface area contributed by atoms with E-state index in [1.54, 1.807) is 0 Å². The highest BCUT2D eigenvalue weighted by molar-refractivity contribution is 6.03. The van der Waals surface area contributed by atoms with E-state index in [1.165, 1.54) is 24.4 Å². The summed E-state index contributed by atoms with van der Waals surface area (Å²) in [4.78, 5) is 20.3. The number of aromatic nitrogens is 2. The lowest BCUT2D eigenvalue weighted by Gasteiger charge is -2.10. The Morgan fingerprint density at radius 3 is 2.68 bits per heavy atom. The smallest absolute Gasteiger partial charge is 0.354 e. The minimum absolute atomic E-state index is 0.0488. The van der Waals surface area contributed by atoms with Gasteiger partial charge in [0.25, 0.3) is 5.91 Å². The Bertz CT molecular complexity index is 732. The maximum absolute atomic E-state index is 12.7. The molecule has 0 atom stereocenters. The van der Waals surface area contributed by atoms with E-state index < -0.39 is 17.6 Å². The molecule has 134 valence electrons. The van der Waals surface area contributed by atoms with E-state index in [1.807, 2.05) is 0 Å². The van der Waals surface area contributed by atoms with Gasteiger partial charge in [-0.3, -0.25) is 4.79 Å². The molecule has 0 aliphatic rings. The zero-order chi connectivity index (χ0) is 18.4. The zero-order valence-electron chi connectivity index (χ0n) is 13.9. The van der Waals surface area contributed by atoms with Crippen molar-refractivity contribution >= 4 is 17.5 Å². The Labute approximate surface area is 143 Å². The predicted molar refractivity (Wildman–Crippen MR) is 89.4 cm³/mol. The highest BCUT2D eigenvalue weighted by Crippen LogP contribution is 2.30. The van der Waals surface area contributed by atoms with Crippen LogP contribution in [0.5, 0.6) is 0 Å². The molecule has 1 heterocycles. The van der Waals surface area contributed by atoms with Gasteiger partial charge in [-0.25, -0.2) is 9.97 Å². The van der Waals surface area contributed by atoms with Crippen LogP contribution in [0.2, 0.25) is 0 Å². The molecule has 2 aromatic rings. The van der Waals surface area contributed by atoms with E-state index in [0.29, 0.717) is 18.4 Å². The van der Waals surface area contributed by atoms with Crippen LogP contribution < -0.4 is 10.6 Å². The fourth-order valence-electron chi connectivity index (χ4n) is 2.01. The van der Waals surface area contributed by atoms with Crippen LogP contribution in [-0.2, 0) is 6.18 Å². The van der Waals surface area contributed by atoms with Crippen LogP contribution in [0.1, 0.15) is 36.3 Å². The van der Waals surface area contributed by atoms with Crippen molar-refractivity contribution in [1.29, 1.82) is 0 Å². The molecule has 0 aliphatic heterocycles. The first-order valence-electron chi connectivity index (χ1n) is 7.81. The fraction of sp³-hybridized carbons (Fsp3) is 0.353. The highest BCUT2D eigenvalue weighted by Gasteiger charge is 2.30. The third-order valence-corrected chi connectivity index (χ3v) is 3.34. The second-order valence-corrected chi connectivity index (χ2v) is 5.91. The van der Waals surface area contributed by atoms with Gasteiger partial charge in [0.2, 0.25) is 5.95 Å². The van der Waals surface area contributed by atoms with Gasteiger partial charge in [0.15, 0.2) is 0 Å². The standard InChI is InChI=1S/C17H19F3N4O/c1-11(2)6-8-21-16-22-9-7-14(24-16)15(25)23-13-5-3-4-12(10-13)17(18,19)20/h3-5,7,9-11H,6,8H2,1-2H3,(H,23,25)(H,21,22,24). The summed E-state index contributed by atoms with van der Waals surface area (Å²) >= 11 is 0. The van der Waals surface area contributed by atoms with Crippen molar-refractivity contribution in [3.8, 4) is 0 Å². The average molecular weight is 352 g/mol. The van der Waals surface area contributed by atoms with Crippen LogP contribution in [0, 0.1) is 5.92 Å². The van der Waals surface area contributed by atoms with Crippen LogP contribution >= 0.6 is 0 Å². The molecule has 1 aromatic carbocycles. The molecule has 0 unspecified atom stereocenters. The number of hydrogen-bond acceptors (Lipinski definition) is 4. The summed E-state index contributed by atoms with van der Waals surface area (Å²) in [7, 11) is 0. The van der Waals surface area contributed by atoms with Gasteiger partial charge in [0.05, 0.1) is 5.56 Å². The van der Waals surface area contributed by atoms with Gasteiger partial charge in [0.1, 0.15) is 5.69 Å². The molecule has 0 radical (unpaired) electrons. The monoisotopic (exact) mass is 352 g/mol. The van der Waals surface area contributed by atoms with Crippen LogP contribution in [0.4, 0.5) is 24.8 Å². The first kappa shape index (κ1) is 18.7. The van der Waals surface area contributed by atoms with Gasteiger partial charge in [-0.2, -0.15) is 13.2 Å². The Morgan fingerprint density at radius 1 is 1.24 bits per heavy atom. The minimum Gasteiger partial charge on any atom is -0.354 e. The Morgan fingerprint density at radius 2 is 2.00 bits per heavy atom. The average Bonchev–Trinajstić information content (AvgIpc) is 2.54. The number of amides is 1. The molecule has 1 amide bonds. The van der Waals surface area contributed by atoms with Crippen LogP contribution in [0.25, 0.3) is 0 Å². The van der Waals surface area contributed by atoms with Crippen molar-refractivity contribution in [2.45, 2.75) is 26.4 Å². The third-order valence-electron chi connectivity index (χ3n) is 3.34. The van der Waals surface area contributed by atoms with Gasteiger partial charge < -0.3 is 10.6 Å². The SMILES string of the molecule is CC(C)CCNc1nccc(C(=O)Nc2cccc(C(F)(F)F)c2)n1. The Hall–Kier alpha value is -2.64. The molecule has 0 aliphatic carbocycles. The molecule has 0 saturated heterocycles. The van der Waals surface area contributed by atoms with Crippen molar-refractivity contribution < 1.29 is 18.0 Å². The quantitative estimate of drug-likeness (QED) is 0.817. The maximum atomic E-state index is 12.7. The third kappa shape index (κ3) is 5.74. The molecule has 0 fully saturated rings. The largest absolute Gasteiger partial charge is 0.416 e. The molecule has 0 bridgehead atoms. The fourth-order valence-corrected chi connectivity index (χ4v) is 2.01. The van der Waals surface area contributed by atoms with Crippen molar-refractivity contribution in [1.82, 2.24) is 9.97 Å². The minimum atomic E-state index is -4.47. The van der Waals surface area contributed by atoms with Gasteiger partial charge in [0, 0.05) is 18.4 Å². The van der Waals surface area contributed by atoms with E-state index in [2.05, 4.69) is 34.4 Å². The molecule has 5 nitrogen and oxygen atoms in total. The lowest BCUT2D eigenvalue weighted by molar-refractivity contribution is -0.137. The number of rotatable bonds is 6. The van der Waals surface area contributed by atoms with Crippen LogP contribution in [-0.4, -0.2) is 22.4 Å². The van der Waals surface area contributed by atoms with Crippen LogP contribution in [0.3, 0.4) is 0 Å². The summed E-state index contributed by atoms with van der Waals surface area (Å²) in [5.74, 6) is 0.214. The predicted octanol–water partition coefficient (Wildman–Crippen LogP) is 4.21. The Balaban J connectivity index is 2.06. The second-order valence-electron chi connectivity index (χ2n) is 5.91. The number of nitrogens with one attached hydrogen (secondary N) is 2. The summed E-state index contributed by atoms with van der Waals surface area (Å²) in [5, 5.41) is 5.43. The van der Waals surface area contributed by atoms with Crippen molar-refractivity contribution in [3.05, 3.63) is 47.8 Å². The van der Waals surface area contributed by atoms with E-state index in [9.17, 15) is 18.0 Å². The number of halogens is 3. The maximum Gasteiger partial charge on any atom is 0.416 e. The Kier molecular flexibility index (Phi) is 5.95. The molecule has 2 rings (SSSR count). The topological polar surface area (TPSA) is 66.9 Å². The number of nitrogens with zero attached hydrogens (tertiary/aromatic N) is 2.